The molecule has 0 fully saturated rings. The van der Waals surface area contributed by atoms with Gasteiger partial charge in [0.25, 0.3) is 0 Å². The fraction of sp³-hybridized carbons (Fsp3) is 0.368. The molecule has 2 aromatic carbocycles. The molecule has 0 aliphatic heterocycles. The predicted molar refractivity (Wildman–Crippen MR) is 90.6 cm³/mol. The number of hydrogen-bond acceptors (Lipinski definition) is 3. The fourth-order valence-electron chi connectivity index (χ4n) is 2.31. The summed E-state index contributed by atoms with van der Waals surface area (Å²) in [6, 6.07) is 17.0. The van der Waals surface area contributed by atoms with E-state index >= 15 is 0 Å². The zero-order valence-electron chi connectivity index (χ0n) is 13.6. The first-order valence-electron chi connectivity index (χ1n) is 7.70. The minimum Gasteiger partial charge on any atom is -0.497 e. The van der Waals surface area contributed by atoms with Crippen molar-refractivity contribution < 1.29 is 9.47 Å². The minimum atomic E-state index is 0.476. The maximum absolute atomic E-state index is 5.18. The van der Waals surface area contributed by atoms with Gasteiger partial charge < -0.3 is 14.8 Å². The molecule has 3 heteroatoms. The average Bonchev–Trinajstić information content (AvgIpc) is 2.59. The second-order valence-electron chi connectivity index (χ2n) is 5.52. The Bertz CT molecular complexity index is 497. The molecule has 0 amide bonds. The third-order valence-electron chi connectivity index (χ3n) is 3.84. The molecule has 3 nitrogen and oxygen atoms in total. The Hall–Kier alpha value is -2.00. The highest BCUT2D eigenvalue weighted by Gasteiger charge is 2.03. The molecule has 1 N–H and O–H groups in total. The molecule has 0 aromatic heterocycles. The second kappa shape index (κ2) is 8.44. The molecule has 0 saturated carbocycles. The van der Waals surface area contributed by atoms with Gasteiger partial charge in [-0.25, -0.2) is 0 Å². The monoisotopic (exact) mass is 299 g/mol. The van der Waals surface area contributed by atoms with Crippen LogP contribution in [0.5, 0.6) is 11.5 Å². The lowest BCUT2D eigenvalue weighted by molar-refractivity contribution is 0.414. The van der Waals surface area contributed by atoms with Gasteiger partial charge in [0.05, 0.1) is 14.2 Å². The van der Waals surface area contributed by atoms with Crippen molar-refractivity contribution in [2.45, 2.75) is 32.4 Å². The van der Waals surface area contributed by atoms with Gasteiger partial charge in [0.2, 0.25) is 0 Å². The van der Waals surface area contributed by atoms with Crippen LogP contribution in [-0.2, 0) is 13.0 Å². The molecule has 1 atom stereocenters. The lowest BCUT2D eigenvalue weighted by atomic mass is 10.1. The predicted octanol–water partition coefficient (Wildman–Crippen LogP) is 3.81. The van der Waals surface area contributed by atoms with E-state index < -0.39 is 0 Å². The average molecular weight is 299 g/mol. The normalized spacial score (nSPS) is 12.0. The molecule has 22 heavy (non-hydrogen) atoms. The van der Waals surface area contributed by atoms with Crippen molar-refractivity contribution in [3.8, 4) is 11.5 Å². The zero-order valence-corrected chi connectivity index (χ0v) is 13.6. The summed E-state index contributed by atoms with van der Waals surface area (Å²) < 4.78 is 10.3. The Morgan fingerprint density at radius 2 is 1.32 bits per heavy atom. The van der Waals surface area contributed by atoms with E-state index in [1.54, 1.807) is 14.2 Å². The highest BCUT2D eigenvalue weighted by Crippen LogP contribution is 2.14. The maximum Gasteiger partial charge on any atom is 0.118 e. The molecule has 0 saturated heterocycles. The van der Waals surface area contributed by atoms with E-state index in [4.69, 9.17) is 9.47 Å². The number of benzene rings is 2. The van der Waals surface area contributed by atoms with Crippen molar-refractivity contribution >= 4 is 0 Å². The minimum absolute atomic E-state index is 0.476. The van der Waals surface area contributed by atoms with Gasteiger partial charge in [0.15, 0.2) is 0 Å². The fourth-order valence-corrected chi connectivity index (χ4v) is 2.31. The lowest BCUT2D eigenvalue weighted by Gasteiger charge is -2.14. The number of rotatable bonds is 8. The number of hydrogen-bond donors (Lipinski definition) is 1. The number of nitrogens with one attached hydrogen (secondary N) is 1. The molecule has 2 aromatic rings. The maximum atomic E-state index is 5.18. The molecule has 0 bridgehead atoms. The van der Waals surface area contributed by atoms with E-state index in [1.165, 1.54) is 11.1 Å². The van der Waals surface area contributed by atoms with Crippen LogP contribution in [0.4, 0.5) is 0 Å². The van der Waals surface area contributed by atoms with E-state index in [0.717, 1.165) is 30.9 Å². The Kier molecular flexibility index (Phi) is 6.28. The van der Waals surface area contributed by atoms with Crippen LogP contribution >= 0.6 is 0 Å². The number of aryl methyl sites for hydroxylation is 1. The van der Waals surface area contributed by atoms with E-state index in [1.807, 2.05) is 24.3 Å². The van der Waals surface area contributed by atoms with Crippen molar-refractivity contribution in [2.75, 3.05) is 14.2 Å². The largest absolute Gasteiger partial charge is 0.497 e. The molecule has 0 aliphatic carbocycles. The second-order valence-corrected chi connectivity index (χ2v) is 5.52. The van der Waals surface area contributed by atoms with E-state index in [0.29, 0.717) is 6.04 Å². The highest BCUT2D eigenvalue weighted by atomic mass is 16.5. The summed E-state index contributed by atoms with van der Waals surface area (Å²) >= 11 is 0. The SMILES string of the molecule is COc1ccc(CC[C@H](C)NCc2ccc(OC)cc2)cc1. The van der Waals surface area contributed by atoms with Gasteiger partial charge in [-0.3, -0.25) is 0 Å². The molecule has 0 radical (unpaired) electrons. The summed E-state index contributed by atoms with van der Waals surface area (Å²) in [5.74, 6) is 1.81. The van der Waals surface area contributed by atoms with Crippen molar-refractivity contribution in [3.05, 3.63) is 59.7 Å². The van der Waals surface area contributed by atoms with Crippen LogP contribution in [-0.4, -0.2) is 20.3 Å². The molecular formula is C19H25NO2. The smallest absolute Gasteiger partial charge is 0.118 e. The highest BCUT2D eigenvalue weighted by molar-refractivity contribution is 5.28. The first-order chi connectivity index (χ1) is 10.7. The third kappa shape index (κ3) is 5.08. The topological polar surface area (TPSA) is 30.5 Å². The molecule has 0 unspecified atom stereocenters. The molecule has 118 valence electrons. The van der Waals surface area contributed by atoms with E-state index in [2.05, 4.69) is 36.5 Å². The standard InChI is InChI=1S/C19H25NO2/c1-15(4-5-16-6-10-18(21-2)11-7-16)20-14-17-8-12-19(22-3)13-9-17/h6-13,15,20H,4-5,14H2,1-3H3/t15-/m0/s1. The summed E-state index contributed by atoms with van der Waals surface area (Å²) in [5.41, 5.74) is 2.62. The Morgan fingerprint density at radius 3 is 1.82 bits per heavy atom. The number of methoxy groups -OCH3 is 2. The van der Waals surface area contributed by atoms with Crippen molar-refractivity contribution in [3.63, 3.8) is 0 Å². The van der Waals surface area contributed by atoms with Gasteiger partial charge in [0, 0.05) is 12.6 Å². The van der Waals surface area contributed by atoms with Gasteiger partial charge in [-0.1, -0.05) is 24.3 Å². The van der Waals surface area contributed by atoms with Gasteiger partial charge in [-0.05, 0) is 55.2 Å². The summed E-state index contributed by atoms with van der Waals surface area (Å²) in [5, 5.41) is 3.56. The van der Waals surface area contributed by atoms with Crippen LogP contribution in [0.15, 0.2) is 48.5 Å². The first-order valence-corrected chi connectivity index (χ1v) is 7.70. The number of ether oxygens (including phenoxy) is 2. The van der Waals surface area contributed by atoms with Crippen molar-refractivity contribution in [1.82, 2.24) is 5.32 Å². The van der Waals surface area contributed by atoms with Crippen molar-refractivity contribution in [2.24, 2.45) is 0 Å². The summed E-state index contributed by atoms with van der Waals surface area (Å²) in [6.07, 6.45) is 2.18. The zero-order chi connectivity index (χ0) is 15.8. The van der Waals surface area contributed by atoms with Gasteiger partial charge >= 0.3 is 0 Å². The molecule has 0 spiro atoms. The van der Waals surface area contributed by atoms with Gasteiger partial charge in [-0.15, -0.1) is 0 Å². The Morgan fingerprint density at radius 1 is 0.818 bits per heavy atom. The van der Waals surface area contributed by atoms with Crippen LogP contribution in [0, 0.1) is 0 Å². The summed E-state index contributed by atoms with van der Waals surface area (Å²) in [6.45, 7) is 3.11. The Labute approximate surface area is 133 Å². The first kappa shape index (κ1) is 16.4. The van der Waals surface area contributed by atoms with E-state index in [9.17, 15) is 0 Å². The van der Waals surface area contributed by atoms with Crippen molar-refractivity contribution in [1.29, 1.82) is 0 Å². The molecule has 0 heterocycles. The van der Waals surface area contributed by atoms with Gasteiger partial charge in [0.1, 0.15) is 11.5 Å². The van der Waals surface area contributed by atoms with Crippen LogP contribution in [0.3, 0.4) is 0 Å². The lowest BCUT2D eigenvalue weighted by Crippen LogP contribution is -2.25. The van der Waals surface area contributed by atoms with Gasteiger partial charge in [-0.2, -0.15) is 0 Å². The quantitative estimate of drug-likeness (QED) is 0.804. The summed E-state index contributed by atoms with van der Waals surface area (Å²) in [4.78, 5) is 0. The van der Waals surface area contributed by atoms with Crippen LogP contribution < -0.4 is 14.8 Å². The van der Waals surface area contributed by atoms with Crippen LogP contribution in [0.25, 0.3) is 0 Å². The molecule has 2 rings (SSSR count). The van der Waals surface area contributed by atoms with Crippen LogP contribution in [0.1, 0.15) is 24.5 Å². The van der Waals surface area contributed by atoms with E-state index in [-0.39, 0.29) is 0 Å². The molecule has 0 aliphatic rings. The summed E-state index contributed by atoms with van der Waals surface area (Å²) in [7, 11) is 3.38. The third-order valence-corrected chi connectivity index (χ3v) is 3.84. The Balaban J connectivity index is 1.73. The molecular weight excluding hydrogens is 274 g/mol. The van der Waals surface area contributed by atoms with Crippen LogP contribution in [0.2, 0.25) is 0 Å².